The number of halogens is 1. The third-order valence-electron chi connectivity index (χ3n) is 5.40. The molecule has 3 N–H and O–H groups in total. The van der Waals surface area contributed by atoms with Gasteiger partial charge in [0, 0.05) is 12.1 Å². The highest BCUT2D eigenvalue weighted by Gasteiger charge is 2.43. The zero-order valence-electron chi connectivity index (χ0n) is 13.0. The van der Waals surface area contributed by atoms with E-state index in [0.717, 1.165) is 56.9 Å². The van der Waals surface area contributed by atoms with Gasteiger partial charge in [0.15, 0.2) is 0 Å². The number of nitrogens with two attached hydrogens (primary N) is 1. The second-order valence-electron chi connectivity index (χ2n) is 6.88. The van der Waals surface area contributed by atoms with Gasteiger partial charge in [0.2, 0.25) is 5.91 Å². The van der Waals surface area contributed by atoms with Crippen molar-refractivity contribution in [1.82, 2.24) is 5.32 Å². The highest BCUT2D eigenvalue weighted by Crippen LogP contribution is 2.41. The fourth-order valence-corrected chi connectivity index (χ4v) is 3.98. The van der Waals surface area contributed by atoms with Crippen LogP contribution in [0.2, 0.25) is 0 Å². The summed E-state index contributed by atoms with van der Waals surface area (Å²) in [6.07, 6.45) is 7.72. The molecule has 2 aliphatic carbocycles. The third kappa shape index (κ3) is 3.02. The van der Waals surface area contributed by atoms with Crippen LogP contribution in [0.3, 0.4) is 0 Å². The largest absolute Gasteiger partial charge is 0.353 e. The molecule has 2 saturated carbocycles. The zero-order valence-corrected chi connectivity index (χ0v) is 13.0. The van der Waals surface area contributed by atoms with E-state index in [0.29, 0.717) is 0 Å². The SMILES string of the molecule is NC1CCC(NC(=O)C2(c3ccc(F)cc3)CCCC2)CC1. The van der Waals surface area contributed by atoms with Gasteiger partial charge in [-0.2, -0.15) is 0 Å². The Morgan fingerprint density at radius 1 is 1.09 bits per heavy atom. The summed E-state index contributed by atoms with van der Waals surface area (Å²) in [5.74, 6) is -0.129. The fraction of sp³-hybridized carbons (Fsp3) is 0.611. The Morgan fingerprint density at radius 2 is 1.68 bits per heavy atom. The smallest absolute Gasteiger partial charge is 0.230 e. The maximum absolute atomic E-state index is 13.2. The van der Waals surface area contributed by atoms with Gasteiger partial charge in [-0.25, -0.2) is 4.39 Å². The molecule has 0 aromatic heterocycles. The Bertz CT molecular complexity index is 514. The van der Waals surface area contributed by atoms with E-state index in [2.05, 4.69) is 5.32 Å². The standard InChI is InChI=1S/C18H25FN2O/c19-14-5-3-13(4-6-14)18(11-1-2-12-18)17(22)21-16-9-7-15(20)8-10-16/h3-6,15-16H,1-2,7-12,20H2,(H,21,22). The van der Waals surface area contributed by atoms with Crippen molar-refractivity contribution in [3.8, 4) is 0 Å². The lowest BCUT2D eigenvalue weighted by atomic mass is 9.77. The van der Waals surface area contributed by atoms with Crippen molar-refractivity contribution >= 4 is 5.91 Å². The molecule has 0 aliphatic heterocycles. The van der Waals surface area contributed by atoms with E-state index in [1.807, 2.05) is 0 Å². The van der Waals surface area contributed by atoms with Crippen molar-refractivity contribution < 1.29 is 9.18 Å². The second kappa shape index (κ2) is 6.37. The first-order chi connectivity index (χ1) is 10.6. The minimum atomic E-state index is -0.465. The first-order valence-electron chi connectivity index (χ1n) is 8.43. The quantitative estimate of drug-likeness (QED) is 0.902. The number of carbonyl (C=O) groups is 1. The van der Waals surface area contributed by atoms with E-state index in [1.54, 1.807) is 12.1 Å². The average molecular weight is 304 g/mol. The molecule has 3 nitrogen and oxygen atoms in total. The third-order valence-corrected chi connectivity index (χ3v) is 5.40. The Kier molecular flexibility index (Phi) is 4.48. The van der Waals surface area contributed by atoms with Gasteiger partial charge in [0.25, 0.3) is 0 Å². The highest BCUT2D eigenvalue weighted by molar-refractivity contribution is 5.88. The van der Waals surface area contributed by atoms with E-state index < -0.39 is 5.41 Å². The van der Waals surface area contributed by atoms with Gasteiger partial charge in [0.1, 0.15) is 5.82 Å². The molecule has 4 heteroatoms. The second-order valence-corrected chi connectivity index (χ2v) is 6.88. The van der Waals surface area contributed by atoms with E-state index in [9.17, 15) is 9.18 Å². The highest BCUT2D eigenvalue weighted by atomic mass is 19.1. The van der Waals surface area contributed by atoms with E-state index >= 15 is 0 Å². The van der Waals surface area contributed by atoms with Gasteiger partial charge < -0.3 is 11.1 Å². The van der Waals surface area contributed by atoms with Gasteiger partial charge in [-0.15, -0.1) is 0 Å². The van der Waals surface area contributed by atoms with Crippen LogP contribution in [0.1, 0.15) is 56.9 Å². The van der Waals surface area contributed by atoms with Crippen molar-refractivity contribution in [2.45, 2.75) is 68.9 Å². The molecule has 0 bridgehead atoms. The number of hydrogen-bond donors (Lipinski definition) is 2. The Balaban J connectivity index is 1.75. The molecule has 2 fully saturated rings. The Hall–Kier alpha value is -1.42. The molecule has 0 radical (unpaired) electrons. The maximum Gasteiger partial charge on any atom is 0.230 e. The van der Waals surface area contributed by atoms with Gasteiger partial charge in [0.05, 0.1) is 5.41 Å². The molecule has 22 heavy (non-hydrogen) atoms. The molecule has 1 amide bonds. The molecule has 0 heterocycles. The fourth-order valence-electron chi connectivity index (χ4n) is 3.98. The van der Waals surface area contributed by atoms with Crippen LogP contribution in [0.25, 0.3) is 0 Å². The van der Waals surface area contributed by atoms with E-state index in [-0.39, 0.29) is 23.8 Å². The molecule has 0 atom stereocenters. The van der Waals surface area contributed by atoms with Crippen LogP contribution in [-0.4, -0.2) is 18.0 Å². The van der Waals surface area contributed by atoms with Crippen LogP contribution < -0.4 is 11.1 Å². The van der Waals surface area contributed by atoms with Crippen LogP contribution in [-0.2, 0) is 10.2 Å². The van der Waals surface area contributed by atoms with Gasteiger partial charge in [-0.3, -0.25) is 4.79 Å². The van der Waals surface area contributed by atoms with E-state index in [1.165, 1.54) is 12.1 Å². The Labute approximate surface area is 131 Å². The molecule has 0 spiro atoms. The van der Waals surface area contributed by atoms with Gasteiger partial charge in [-0.1, -0.05) is 25.0 Å². The molecular formula is C18H25FN2O. The minimum Gasteiger partial charge on any atom is -0.353 e. The summed E-state index contributed by atoms with van der Waals surface area (Å²) >= 11 is 0. The topological polar surface area (TPSA) is 55.1 Å². The lowest BCUT2D eigenvalue weighted by Crippen LogP contribution is -2.48. The zero-order chi connectivity index (χ0) is 15.6. The van der Waals surface area contributed by atoms with Crippen LogP contribution in [0.15, 0.2) is 24.3 Å². The summed E-state index contributed by atoms with van der Waals surface area (Å²) in [4.78, 5) is 13.0. The summed E-state index contributed by atoms with van der Waals surface area (Å²) in [6, 6.07) is 6.99. The van der Waals surface area contributed by atoms with E-state index in [4.69, 9.17) is 5.73 Å². The summed E-state index contributed by atoms with van der Waals surface area (Å²) in [6.45, 7) is 0. The summed E-state index contributed by atoms with van der Waals surface area (Å²) in [7, 11) is 0. The van der Waals surface area contributed by atoms with Gasteiger partial charge in [-0.05, 0) is 56.2 Å². The lowest BCUT2D eigenvalue weighted by molar-refractivity contribution is -0.127. The van der Waals surface area contributed by atoms with Crippen molar-refractivity contribution in [2.75, 3.05) is 0 Å². The maximum atomic E-state index is 13.2. The minimum absolute atomic E-state index is 0.122. The summed E-state index contributed by atoms with van der Waals surface area (Å²) in [5.41, 5.74) is 6.42. The monoisotopic (exact) mass is 304 g/mol. The first kappa shape index (κ1) is 15.5. The summed E-state index contributed by atoms with van der Waals surface area (Å²) < 4.78 is 13.2. The van der Waals surface area contributed by atoms with Crippen LogP contribution in [0.5, 0.6) is 0 Å². The van der Waals surface area contributed by atoms with Crippen LogP contribution in [0, 0.1) is 5.82 Å². The molecule has 3 rings (SSSR count). The molecular weight excluding hydrogens is 279 g/mol. The van der Waals surface area contributed by atoms with Crippen molar-refractivity contribution in [1.29, 1.82) is 0 Å². The van der Waals surface area contributed by atoms with Crippen LogP contribution >= 0.6 is 0 Å². The molecule has 2 aliphatic rings. The number of nitrogens with one attached hydrogen (secondary N) is 1. The molecule has 0 unspecified atom stereocenters. The summed E-state index contributed by atoms with van der Waals surface area (Å²) in [5, 5.41) is 3.25. The number of carbonyl (C=O) groups excluding carboxylic acids is 1. The molecule has 120 valence electrons. The van der Waals surface area contributed by atoms with Crippen LogP contribution in [0.4, 0.5) is 4.39 Å². The lowest BCUT2D eigenvalue weighted by Gasteiger charge is -2.33. The number of amides is 1. The molecule has 1 aromatic carbocycles. The molecule has 0 saturated heterocycles. The first-order valence-corrected chi connectivity index (χ1v) is 8.43. The number of rotatable bonds is 3. The van der Waals surface area contributed by atoms with Crippen molar-refractivity contribution in [3.63, 3.8) is 0 Å². The molecule has 1 aromatic rings. The van der Waals surface area contributed by atoms with Crippen molar-refractivity contribution in [2.24, 2.45) is 5.73 Å². The number of hydrogen-bond acceptors (Lipinski definition) is 2. The normalized spacial score (nSPS) is 27.5. The van der Waals surface area contributed by atoms with Gasteiger partial charge >= 0.3 is 0 Å². The Morgan fingerprint density at radius 3 is 2.27 bits per heavy atom. The van der Waals surface area contributed by atoms with Crippen molar-refractivity contribution in [3.05, 3.63) is 35.6 Å². The number of benzene rings is 1. The average Bonchev–Trinajstić information content (AvgIpc) is 3.01. The predicted molar refractivity (Wildman–Crippen MR) is 84.9 cm³/mol. The predicted octanol–water partition coefficient (Wildman–Crippen LogP) is 3.02.